The van der Waals surface area contributed by atoms with Crippen molar-refractivity contribution in [1.82, 2.24) is 5.32 Å². The molecule has 1 aromatic carbocycles. The third kappa shape index (κ3) is 3.39. The summed E-state index contributed by atoms with van der Waals surface area (Å²) in [5, 5.41) is 22.6. The monoisotopic (exact) mass is 310 g/mol. The maximum atomic E-state index is 12.1. The highest BCUT2D eigenvalue weighted by molar-refractivity contribution is 6.33. The third-order valence-corrected chi connectivity index (χ3v) is 3.11. The zero-order chi connectivity index (χ0) is 15.4. The van der Waals surface area contributed by atoms with E-state index in [0.29, 0.717) is 5.76 Å². The highest BCUT2D eigenvalue weighted by Gasteiger charge is 2.21. The number of nitrogens with one attached hydrogen (secondary N) is 1. The van der Waals surface area contributed by atoms with Gasteiger partial charge in [-0.2, -0.15) is 0 Å². The van der Waals surface area contributed by atoms with Gasteiger partial charge in [-0.25, -0.2) is 0 Å². The van der Waals surface area contributed by atoms with Crippen molar-refractivity contribution in [3.05, 3.63) is 63.1 Å². The standard InChI is InChI=1S/C13H11ClN2O5/c14-10-4-3-8(16(19)20)6-9(10)13(18)15-11(7-17)12-2-1-5-21-12/h1-6,11,17H,7H2,(H,15,18). The molecule has 0 bridgehead atoms. The number of hydrogen-bond acceptors (Lipinski definition) is 5. The van der Waals surface area contributed by atoms with Gasteiger partial charge in [-0.3, -0.25) is 14.9 Å². The molecule has 2 aromatic rings. The second-order valence-electron chi connectivity index (χ2n) is 4.15. The fourth-order valence-electron chi connectivity index (χ4n) is 1.73. The molecule has 21 heavy (non-hydrogen) atoms. The van der Waals surface area contributed by atoms with Crippen molar-refractivity contribution in [3.63, 3.8) is 0 Å². The van der Waals surface area contributed by atoms with Crippen LogP contribution in [0.5, 0.6) is 0 Å². The highest BCUT2D eigenvalue weighted by Crippen LogP contribution is 2.23. The summed E-state index contributed by atoms with van der Waals surface area (Å²) in [5.74, 6) is -0.272. The Kier molecular flexibility index (Phi) is 4.56. The number of hydrogen-bond donors (Lipinski definition) is 2. The van der Waals surface area contributed by atoms with E-state index >= 15 is 0 Å². The number of nitrogens with zero attached hydrogens (tertiary/aromatic N) is 1. The van der Waals surface area contributed by atoms with Gasteiger partial charge in [0.1, 0.15) is 11.8 Å². The van der Waals surface area contributed by atoms with Gasteiger partial charge in [-0.05, 0) is 18.2 Å². The molecule has 0 saturated carbocycles. The van der Waals surface area contributed by atoms with Crippen LogP contribution in [0.3, 0.4) is 0 Å². The highest BCUT2D eigenvalue weighted by atomic mass is 35.5. The summed E-state index contributed by atoms with van der Waals surface area (Å²) in [4.78, 5) is 22.2. The first-order chi connectivity index (χ1) is 10.0. The van der Waals surface area contributed by atoms with E-state index in [1.807, 2.05) is 0 Å². The van der Waals surface area contributed by atoms with Gasteiger partial charge in [0, 0.05) is 12.1 Å². The first-order valence-electron chi connectivity index (χ1n) is 5.92. The van der Waals surface area contributed by atoms with Crippen molar-refractivity contribution in [3.8, 4) is 0 Å². The molecule has 0 spiro atoms. The van der Waals surface area contributed by atoms with Gasteiger partial charge >= 0.3 is 0 Å². The zero-order valence-electron chi connectivity index (χ0n) is 10.7. The number of furan rings is 1. The van der Waals surface area contributed by atoms with E-state index in [1.165, 1.54) is 18.4 Å². The van der Waals surface area contributed by atoms with E-state index in [2.05, 4.69) is 5.32 Å². The van der Waals surface area contributed by atoms with Gasteiger partial charge in [0.05, 0.1) is 28.4 Å². The molecule has 1 aromatic heterocycles. The van der Waals surface area contributed by atoms with Gasteiger partial charge in [-0.15, -0.1) is 0 Å². The molecule has 2 rings (SSSR count). The summed E-state index contributed by atoms with van der Waals surface area (Å²) in [5.41, 5.74) is -0.293. The van der Waals surface area contributed by atoms with Crippen LogP contribution >= 0.6 is 11.6 Å². The van der Waals surface area contributed by atoms with Crippen molar-refractivity contribution < 1.29 is 19.2 Å². The Labute approximate surface area is 124 Å². The number of carbonyl (C=O) groups excluding carboxylic acids is 1. The molecular formula is C13H11ClN2O5. The number of nitro benzene ring substituents is 1. The number of amides is 1. The largest absolute Gasteiger partial charge is 0.467 e. The minimum atomic E-state index is -0.761. The van der Waals surface area contributed by atoms with E-state index < -0.39 is 16.9 Å². The summed E-state index contributed by atoms with van der Waals surface area (Å²) in [6.45, 7) is -0.383. The molecule has 1 unspecified atom stereocenters. The van der Waals surface area contributed by atoms with Gasteiger partial charge < -0.3 is 14.8 Å². The summed E-state index contributed by atoms with van der Waals surface area (Å²) in [6.07, 6.45) is 1.41. The lowest BCUT2D eigenvalue weighted by molar-refractivity contribution is -0.384. The van der Waals surface area contributed by atoms with Gasteiger partial charge in [-0.1, -0.05) is 11.6 Å². The normalized spacial score (nSPS) is 11.9. The first-order valence-corrected chi connectivity index (χ1v) is 6.29. The van der Waals surface area contributed by atoms with Crippen LogP contribution in [-0.2, 0) is 0 Å². The average molecular weight is 311 g/mol. The van der Waals surface area contributed by atoms with Crippen molar-refractivity contribution in [1.29, 1.82) is 0 Å². The molecule has 8 heteroatoms. The number of carbonyl (C=O) groups is 1. The minimum Gasteiger partial charge on any atom is -0.467 e. The number of nitro groups is 1. The Morgan fingerprint density at radius 1 is 1.48 bits per heavy atom. The Morgan fingerprint density at radius 2 is 2.24 bits per heavy atom. The lowest BCUT2D eigenvalue weighted by Gasteiger charge is -2.14. The topological polar surface area (TPSA) is 106 Å². The molecule has 0 saturated heterocycles. The summed E-state index contributed by atoms with van der Waals surface area (Å²) >= 11 is 5.88. The van der Waals surface area contributed by atoms with Crippen LogP contribution in [0.2, 0.25) is 5.02 Å². The molecule has 0 fully saturated rings. The smallest absolute Gasteiger partial charge is 0.270 e. The lowest BCUT2D eigenvalue weighted by atomic mass is 10.1. The van der Waals surface area contributed by atoms with E-state index in [-0.39, 0.29) is 22.9 Å². The molecular weight excluding hydrogens is 300 g/mol. The van der Waals surface area contributed by atoms with E-state index in [4.69, 9.17) is 16.0 Å². The zero-order valence-corrected chi connectivity index (χ0v) is 11.4. The van der Waals surface area contributed by atoms with Crippen molar-refractivity contribution in [2.75, 3.05) is 6.61 Å². The predicted molar refractivity (Wildman–Crippen MR) is 74.1 cm³/mol. The maximum absolute atomic E-state index is 12.1. The van der Waals surface area contributed by atoms with E-state index in [1.54, 1.807) is 12.1 Å². The second kappa shape index (κ2) is 6.38. The number of aliphatic hydroxyl groups excluding tert-OH is 1. The fourth-order valence-corrected chi connectivity index (χ4v) is 1.94. The molecule has 1 heterocycles. The summed E-state index contributed by atoms with van der Waals surface area (Å²) in [6, 6.07) is 6.00. The number of halogens is 1. The number of non-ortho nitro benzene ring substituents is 1. The predicted octanol–water partition coefficient (Wildman–Crippen LogP) is 2.30. The van der Waals surface area contributed by atoms with E-state index in [0.717, 1.165) is 6.07 Å². The Bertz CT molecular complexity index is 657. The average Bonchev–Trinajstić information content (AvgIpc) is 2.98. The van der Waals surface area contributed by atoms with Crippen molar-refractivity contribution in [2.45, 2.75) is 6.04 Å². The number of rotatable bonds is 5. The molecule has 110 valence electrons. The minimum absolute atomic E-state index is 0.0455. The summed E-state index contributed by atoms with van der Waals surface area (Å²) < 4.78 is 5.10. The maximum Gasteiger partial charge on any atom is 0.270 e. The van der Waals surface area contributed by atoms with Crippen LogP contribution in [0.25, 0.3) is 0 Å². The van der Waals surface area contributed by atoms with Crippen molar-refractivity contribution >= 4 is 23.2 Å². The lowest BCUT2D eigenvalue weighted by Crippen LogP contribution is -2.30. The van der Waals surface area contributed by atoms with Crippen LogP contribution in [-0.4, -0.2) is 22.5 Å². The molecule has 0 radical (unpaired) electrons. The molecule has 1 atom stereocenters. The second-order valence-corrected chi connectivity index (χ2v) is 4.55. The third-order valence-electron chi connectivity index (χ3n) is 2.78. The van der Waals surface area contributed by atoms with Gasteiger partial charge in [0.15, 0.2) is 0 Å². The quantitative estimate of drug-likeness (QED) is 0.651. The van der Waals surface area contributed by atoms with Crippen LogP contribution in [0.1, 0.15) is 22.2 Å². The number of benzene rings is 1. The van der Waals surface area contributed by atoms with Crippen LogP contribution in [0, 0.1) is 10.1 Å². The molecule has 2 N–H and O–H groups in total. The van der Waals surface area contributed by atoms with E-state index in [9.17, 15) is 20.0 Å². The molecule has 7 nitrogen and oxygen atoms in total. The summed E-state index contributed by atoms with van der Waals surface area (Å²) in [7, 11) is 0. The Morgan fingerprint density at radius 3 is 2.81 bits per heavy atom. The Hall–Kier alpha value is -2.38. The SMILES string of the molecule is O=C(NC(CO)c1ccco1)c1cc([N+](=O)[O-])ccc1Cl. The molecule has 0 aliphatic heterocycles. The Balaban J connectivity index is 2.23. The molecule has 1 amide bonds. The molecule has 0 aliphatic carbocycles. The first kappa shape index (κ1) is 15.0. The van der Waals surface area contributed by atoms with Gasteiger partial charge in [0.25, 0.3) is 11.6 Å². The van der Waals surface area contributed by atoms with Crippen LogP contribution in [0.15, 0.2) is 41.0 Å². The van der Waals surface area contributed by atoms with Crippen LogP contribution in [0.4, 0.5) is 5.69 Å². The van der Waals surface area contributed by atoms with Gasteiger partial charge in [0.2, 0.25) is 0 Å². The fraction of sp³-hybridized carbons (Fsp3) is 0.154. The van der Waals surface area contributed by atoms with Crippen molar-refractivity contribution in [2.24, 2.45) is 0 Å². The number of aliphatic hydroxyl groups is 1. The van der Waals surface area contributed by atoms with Crippen LogP contribution < -0.4 is 5.32 Å². The molecule has 0 aliphatic rings.